The van der Waals surface area contributed by atoms with Crippen LogP contribution in [0.1, 0.15) is 26.5 Å². The maximum atomic E-state index is 14.1. The highest BCUT2D eigenvalue weighted by Crippen LogP contribution is 2.35. The zero-order valence-corrected chi connectivity index (χ0v) is 21.3. The maximum Gasteiger partial charge on any atom is 0.433 e. The molecule has 6 rings (SSSR count). The van der Waals surface area contributed by atoms with Crippen LogP contribution in [0.3, 0.4) is 0 Å². The number of carbonyl (C=O) groups excluding carboxylic acids is 2. The molecule has 0 saturated carbocycles. The molecule has 204 valence electrons. The number of rotatable bonds is 5. The third-order valence-corrected chi connectivity index (χ3v) is 6.42. The van der Waals surface area contributed by atoms with Crippen molar-refractivity contribution in [3.63, 3.8) is 0 Å². The molecule has 0 atom stereocenters. The normalized spacial score (nSPS) is 11.6. The van der Waals surface area contributed by atoms with Crippen molar-refractivity contribution in [2.24, 2.45) is 7.05 Å². The summed E-state index contributed by atoms with van der Waals surface area (Å²) in [5, 5.41) is 14.8. The minimum Gasteiger partial charge on any atom is -0.322 e. The molecule has 2 N–H and O–H groups in total. The first-order chi connectivity index (χ1) is 19.7. The van der Waals surface area contributed by atoms with Gasteiger partial charge >= 0.3 is 6.18 Å². The summed E-state index contributed by atoms with van der Waals surface area (Å²) in [4.78, 5) is 30.0. The van der Waals surface area contributed by atoms with Gasteiger partial charge in [-0.1, -0.05) is 42.5 Å². The molecule has 0 bridgehead atoms. The van der Waals surface area contributed by atoms with Gasteiger partial charge in [0.25, 0.3) is 11.8 Å². The van der Waals surface area contributed by atoms with E-state index in [0.717, 1.165) is 23.0 Å². The molecule has 3 heterocycles. The summed E-state index contributed by atoms with van der Waals surface area (Å²) >= 11 is 0. The van der Waals surface area contributed by atoms with E-state index in [1.54, 1.807) is 67.8 Å². The third-order valence-electron chi connectivity index (χ3n) is 6.42. The van der Waals surface area contributed by atoms with Gasteiger partial charge in [0.2, 0.25) is 0 Å². The smallest absolute Gasteiger partial charge is 0.322 e. The highest BCUT2D eigenvalue weighted by atomic mass is 19.4. The number of benzene rings is 3. The summed E-state index contributed by atoms with van der Waals surface area (Å²) < 4.78 is 44.4. The van der Waals surface area contributed by atoms with Crippen LogP contribution in [0.2, 0.25) is 0 Å². The Morgan fingerprint density at radius 3 is 2.22 bits per heavy atom. The fourth-order valence-electron chi connectivity index (χ4n) is 4.48. The van der Waals surface area contributed by atoms with Crippen LogP contribution in [0, 0.1) is 0 Å². The predicted molar refractivity (Wildman–Crippen MR) is 146 cm³/mol. The van der Waals surface area contributed by atoms with Gasteiger partial charge in [0.15, 0.2) is 17.0 Å². The number of nitrogens with one attached hydrogen (secondary N) is 2. The van der Waals surface area contributed by atoms with Crippen LogP contribution in [0.5, 0.6) is 0 Å². The number of hydrogen-bond donors (Lipinski definition) is 2. The van der Waals surface area contributed by atoms with Crippen molar-refractivity contribution in [1.29, 1.82) is 0 Å². The lowest BCUT2D eigenvalue weighted by Gasteiger charge is -2.13. The van der Waals surface area contributed by atoms with E-state index in [1.807, 2.05) is 18.2 Å². The Bertz CT molecular complexity index is 1940. The molecule has 3 aromatic carbocycles. The van der Waals surface area contributed by atoms with Crippen LogP contribution < -0.4 is 10.6 Å². The molecule has 0 aliphatic carbocycles. The van der Waals surface area contributed by atoms with E-state index >= 15 is 0 Å². The zero-order chi connectivity index (χ0) is 28.7. The maximum absolute atomic E-state index is 14.1. The number of alkyl halides is 3. The molecule has 0 unspecified atom stereocenters. The summed E-state index contributed by atoms with van der Waals surface area (Å²) in [6.07, 6.45) is -2.05. The summed E-state index contributed by atoms with van der Waals surface area (Å²) in [7, 11) is 1.70. The zero-order valence-electron chi connectivity index (χ0n) is 21.3. The van der Waals surface area contributed by atoms with E-state index in [9.17, 15) is 22.8 Å². The van der Waals surface area contributed by atoms with Gasteiger partial charge in [-0.25, -0.2) is 9.50 Å². The number of aryl methyl sites for hydroxylation is 1. The molecule has 0 aliphatic rings. The molecule has 2 amide bonds. The fourth-order valence-corrected chi connectivity index (χ4v) is 4.48. The predicted octanol–water partition coefficient (Wildman–Crippen LogP) is 5.81. The number of amides is 2. The standard InChI is InChI=1S/C29H20F3N7O2/c1-38-14-13-23(37-38)28(41)35-19-11-9-18(10-12-19)34-27(40)22-16-33-39-25(29(30,31)32)15-24(36-26(22)39)21-8-4-6-17-5-2-3-7-20(17)21/h2-16H,1H3,(H,34,40)(H,35,41). The average molecular weight is 556 g/mol. The number of fused-ring (bicyclic) bond motifs is 2. The summed E-state index contributed by atoms with van der Waals surface area (Å²) in [6, 6.07) is 21.3. The van der Waals surface area contributed by atoms with Gasteiger partial charge < -0.3 is 10.6 Å². The first-order valence-electron chi connectivity index (χ1n) is 12.3. The van der Waals surface area contributed by atoms with Crippen molar-refractivity contribution in [2.45, 2.75) is 6.18 Å². The Balaban J connectivity index is 1.32. The molecule has 0 fully saturated rings. The van der Waals surface area contributed by atoms with Gasteiger partial charge in [0.1, 0.15) is 5.56 Å². The number of hydrogen-bond acceptors (Lipinski definition) is 5. The van der Waals surface area contributed by atoms with Crippen LogP contribution >= 0.6 is 0 Å². The van der Waals surface area contributed by atoms with E-state index in [1.165, 1.54) is 4.68 Å². The van der Waals surface area contributed by atoms with Gasteiger partial charge in [-0.05, 0) is 47.2 Å². The largest absolute Gasteiger partial charge is 0.433 e. The molecule has 3 aromatic heterocycles. The average Bonchev–Trinajstić information content (AvgIpc) is 3.59. The van der Waals surface area contributed by atoms with E-state index in [0.29, 0.717) is 21.5 Å². The van der Waals surface area contributed by atoms with Crippen LogP contribution in [0.15, 0.2) is 91.3 Å². The first-order valence-corrected chi connectivity index (χ1v) is 12.3. The second-order valence-corrected chi connectivity index (χ2v) is 9.20. The topological polar surface area (TPSA) is 106 Å². The highest BCUT2D eigenvalue weighted by molar-refractivity contribution is 6.09. The van der Waals surface area contributed by atoms with Crippen molar-refractivity contribution >= 4 is 39.6 Å². The number of aromatic nitrogens is 5. The lowest BCUT2D eigenvalue weighted by Crippen LogP contribution is -2.16. The number of nitrogens with zero attached hydrogens (tertiary/aromatic N) is 5. The van der Waals surface area contributed by atoms with Crippen molar-refractivity contribution in [3.8, 4) is 11.3 Å². The molecular weight excluding hydrogens is 535 g/mol. The number of carbonyl (C=O) groups is 2. The number of anilines is 2. The Morgan fingerprint density at radius 2 is 1.54 bits per heavy atom. The molecule has 41 heavy (non-hydrogen) atoms. The van der Waals surface area contributed by atoms with Crippen LogP contribution in [0.25, 0.3) is 27.7 Å². The lowest BCUT2D eigenvalue weighted by atomic mass is 10.0. The van der Waals surface area contributed by atoms with Gasteiger partial charge in [-0.2, -0.15) is 23.4 Å². The van der Waals surface area contributed by atoms with Crippen LogP contribution in [-0.2, 0) is 13.2 Å². The van der Waals surface area contributed by atoms with Crippen LogP contribution in [0.4, 0.5) is 24.5 Å². The summed E-state index contributed by atoms with van der Waals surface area (Å²) in [5.41, 5.74) is 0.183. The molecule has 0 aliphatic heterocycles. The first kappa shape index (κ1) is 25.7. The SMILES string of the molecule is Cn1ccc(C(=O)Nc2ccc(NC(=O)c3cnn4c(C(F)(F)F)cc(-c5cccc6ccccc56)nc34)cc2)n1. The van der Waals surface area contributed by atoms with Gasteiger partial charge in [-0.3, -0.25) is 14.3 Å². The number of halogens is 3. The van der Waals surface area contributed by atoms with Gasteiger partial charge in [-0.15, -0.1) is 0 Å². The van der Waals surface area contributed by atoms with Gasteiger partial charge in [0.05, 0.1) is 11.9 Å². The van der Waals surface area contributed by atoms with E-state index in [-0.39, 0.29) is 22.6 Å². The minimum atomic E-state index is -4.75. The second kappa shape index (κ2) is 9.90. The summed E-state index contributed by atoms with van der Waals surface area (Å²) in [5.74, 6) is -1.09. The molecule has 9 nitrogen and oxygen atoms in total. The van der Waals surface area contributed by atoms with E-state index in [4.69, 9.17) is 0 Å². The Hall–Kier alpha value is -5.52. The highest BCUT2D eigenvalue weighted by Gasteiger charge is 2.36. The molecule has 0 radical (unpaired) electrons. The fraction of sp³-hybridized carbons (Fsp3) is 0.0690. The summed E-state index contributed by atoms with van der Waals surface area (Å²) in [6.45, 7) is 0. The van der Waals surface area contributed by atoms with Gasteiger partial charge in [0, 0.05) is 30.2 Å². The Morgan fingerprint density at radius 1 is 0.854 bits per heavy atom. The minimum absolute atomic E-state index is 0.0594. The molecular formula is C29H20F3N7O2. The molecule has 0 spiro atoms. The van der Waals surface area contributed by atoms with Crippen molar-refractivity contribution < 1.29 is 22.8 Å². The monoisotopic (exact) mass is 555 g/mol. The molecule has 12 heteroatoms. The quantitative estimate of drug-likeness (QED) is 0.279. The lowest BCUT2D eigenvalue weighted by molar-refractivity contribution is -0.142. The third kappa shape index (κ3) is 4.98. The Labute approximate surface area is 230 Å². The Kier molecular flexibility index (Phi) is 6.22. The van der Waals surface area contributed by atoms with E-state index in [2.05, 4.69) is 25.8 Å². The van der Waals surface area contributed by atoms with Crippen molar-refractivity contribution in [2.75, 3.05) is 10.6 Å². The van der Waals surface area contributed by atoms with Crippen molar-refractivity contribution in [3.05, 3.63) is 108 Å². The molecule has 0 saturated heterocycles. The van der Waals surface area contributed by atoms with E-state index < -0.39 is 23.7 Å². The second-order valence-electron chi connectivity index (χ2n) is 9.20. The molecule has 6 aromatic rings. The van der Waals surface area contributed by atoms with Crippen molar-refractivity contribution in [1.82, 2.24) is 24.4 Å². The van der Waals surface area contributed by atoms with Crippen LogP contribution in [-0.4, -0.2) is 36.2 Å².